The van der Waals surface area contributed by atoms with Crippen molar-refractivity contribution in [2.24, 2.45) is 0 Å². The molecule has 0 aliphatic carbocycles. The van der Waals surface area contributed by atoms with E-state index in [-0.39, 0.29) is 19.0 Å². The van der Waals surface area contributed by atoms with Gasteiger partial charge < -0.3 is 14.4 Å². The summed E-state index contributed by atoms with van der Waals surface area (Å²) < 4.78 is 31.9. The number of ether oxygens (including phenoxy) is 2. The number of phosphoric ester groups is 1. The van der Waals surface area contributed by atoms with Gasteiger partial charge >= 0.3 is 19.8 Å². The van der Waals surface area contributed by atoms with Gasteiger partial charge in [0.2, 0.25) is 0 Å². The number of carbonyl (C=O) groups is 2. The van der Waals surface area contributed by atoms with Gasteiger partial charge in [-0.2, -0.15) is 0 Å². The lowest BCUT2D eigenvalue weighted by Crippen LogP contribution is -2.29. The molecule has 9 heteroatoms. The van der Waals surface area contributed by atoms with Gasteiger partial charge in [0.05, 0.1) is 6.61 Å². The van der Waals surface area contributed by atoms with E-state index >= 15 is 0 Å². The number of carbonyl (C=O) groups excluding carboxylic acids is 2. The van der Waals surface area contributed by atoms with Crippen LogP contribution in [0.2, 0.25) is 0 Å². The highest BCUT2D eigenvalue weighted by atomic mass is 31.2. The predicted molar refractivity (Wildman–Crippen MR) is 198 cm³/mol. The third-order valence-corrected chi connectivity index (χ3v) is 10.0. The van der Waals surface area contributed by atoms with Crippen LogP contribution in [0.4, 0.5) is 0 Å². The lowest BCUT2D eigenvalue weighted by Gasteiger charge is -2.19. The first kappa shape index (κ1) is 47.0. The Bertz CT molecular complexity index is 762. The molecule has 2 unspecified atom stereocenters. The maximum absolute atomic E-state index is 12.5. The molecule has 0 aliphatic heterocycles. The molecule has 0 aromatic carbocycles. The Hall–Kier alpha value is -0.950. The Morgan fingerprint density at radius 1 is 0.500 bits per heavy atom. The summed E-state index contributed by atoms with van der Waals surface area (Å²) >= 11 is 0. The molecule has 8 nitrogen and oxygen atoms in total. The minimum atomic E-state index is -4.25. The maximum Gasteiger partial charge on any atom is 0.472 e. The lowest BCUT2D eigenvalue weighted by atomic mass is 10.0. The zero-order valence-corrected chi connectivity index (χ0v) is 32.6. The van der Waals surface area contributed by atoms with Gasteiger partial charge in [-0.1, -0.05) is 187 Å². The minimum Gasteiger partial charge on any atom is -0.462 e. The third kappa shape index (κ3) is 34.9. The van der Waals surface area contributed by atoms with Crippen molar-refractivity contribution in [2.45, 2.75) is 219 Å². The summed E-state index contributed by atoms with van der Waals surface area (Å²) in [6.07, 6.45) is 35.8. The van der Waals surface area contributed by atoms with E-state index in [1.54, 1.807) is 0 Å². The number of esters is 2. The fraction of sp³-hybridized carbons (Fsp3) is 0.949. The molecule has 0 heterocycles. The molecule has 0 bridgehead atoms. The first-order valence-corrected chi connectivity index (χ1v) is 21.7. The Kier molecular flexibility index (Phi) is 35.2. The second-order valence-electron chi connectivity index (χ2n) is 13.8. The molecule has 0 rings (SSSR count). The highest BCUT2D eigenvalue weighted by Crippen LogP contribution is 2.42. The van der Waals surface area contributed by atoms with Crippen LogP contribution in [-0.2, 0) is 32.7 Å². The number of hydrogen-bond donors (Lipinski definition) is 1. The SMILES string of the molecule is CCCCCCCCCCCCCCCCCCCC(=O)OC(COC(=O)CCCCCCCCCCCCCC)COP(=O)(O)OC. The van der Waals surface area contributed by atoms with Gasteiger partial charge in [-0.15, -0.1) is 0 Å². The van der Waals surface area contributed by atoms with E-state index in [9.17, 15) is 19.0 Å². The van der Waals surface area contributed by atoms with Crippen LogP contribution in [0.3, 0.4) is 0 Å². The van der Waals surface area contributed by atoms with E-state index in [0.717, 1.165) is 45.6 Å². The van der Waals surface area contributed by atoms with E-state index in [2.05, 4.69) is 18.4 Å². The van der Waals surface area contributed by atoms with Crippen molar-refractivity contribution in [3.05, 3.63) is 0 Å². The molecule has 0 amide bonds. The average molecular weight is 705 g/mol. The molecule has 0 spiro atoms. The molecule has 2 atom stereocenters. The molecule has 0 aromatic rings. The van der Waals surface area contributed by atoms with E-state index in [0.29, 0.717) is 6.42 Å². The zero-order chi connectivity index (χ0) is 35.4. The Morgan fingerprint density at radius 2 is 0.812 bits per heavy atom. The van der Waals surface area contributed by atoms with Gasteiger partial charge in [0.25, 0.3) is 0 Å². The summed E-state index contributed by atoms with van der Waals surface area (Å²) in [6.45, 7) is 3.90. The van der Waals surface area contributed by atoms with Crippen LogP contribution >= 0.6 is 7.82 Å². The third-order valence-electron chi connectivity index (χ3n) is 9.10. The maximum atomic E-state index is 12.5. The number of hydrogen-bond acceptors (Lipinski definition) is 7. The minimum absolute atomic E-state index is 0.217. The lowest BCUT2D eigenvalue weighted by molar-refractivity contribution is -0.161. The van der Waals surface area contributed by atoms with Crippen LogP contribution < -0.4 is 0 Å². The quantitative estimate of drug-likeness (QED) is 0.0384. The Morgan fingerprint density at radius 3 is 1.15 bits per heavy atom. The molecule has 0 aliphatic rings. The van der Waals surface area contributed by atoms with Gasteiger partial charge in [-0.3, -0.25) is 18.6 Å². The van der Waals surface area contributed by atoms with Crippen molar-refractivity contribution >= 4 is 19.8 Å². The van der Waals surface area contributed by atoms with E-state index in [4.69, 9.17) is 14.0 Å². The van der Waals surface area contributed by atoms with Crippen molar-refractivity contribution < 1.29 is 37.6 Å². The Balaban J connectivity index is 3.97. The summed E-state index contributed by atoms with van der Waals surface area (Å²) in [7, 11) is -3.18. The molecule has 286 valence electrons. The van der Waals surface area contributed by atoms with E-state index in [1.807, 2.05) is 0 Å². The predicted octanol–water partition coefficient (Wildman–Crippen LogP) is 12.3. The first-order valence-electron chi connectivity index (χ1n) is 20.2. The van der Waals surface area contributed by atoms with Gasteiger partial charge in [-0.05, 0) is 12.8 Å². The van der Waals surface area contributed by atoms with Crippen LogP contribution in [0.25, 0.3) is 0 Å². The molecule has 0 saturated carbocycles. The monoisotopic (exact) mass is 705 g/mol. The highest BCUT2D eigenvalue weighted by molar-refractivity contribution is 7.47. The summed E-state index contributed by atoms with van der Waals surface area (Å²) in [6, 6.07) is 0. The number of rotatable bonds is 38. The van der Waals surface area contributed by atoms with Gasteiger partial charge in [-0.25, -0.2) is 4.57 Å². The summed E-state index contributed by atoms with van der Waals surface area (Å²) in [5, 5.41) is 0. The van der Waals surface area contributed by atoms with Crippen LogP contribution in [0.5, 0.6) is 0 Å². The largest absolute Gasteiger partial charge is 0.472 e. The molecular formula is C39H77O8P. The zero-order valence-electron chi connectivity index (χ0n) is 31.7. The van der Waals surface area contributed by atoms with E-state index < -0.39 is 26.5 Å². The topological polar surface area (TPSA) is 108 Å². The number of phosphoric acid groups is 1. The van der Waals surface area contributed by atoms with Crippen molar-refractivity contribution in [1.29, 1.82) is 0 Å². The normalized spacial score (nSPS) is 13.3. The van der Waals surface area contributed by atoms with Gasteiger partial charge in [0, 0.05) is 20.0 Å². The fourth-order valence-corrected chi connectivity index (χ4v) is 6.41. The second-order valence-corrected chi connectivity index (χ2v) is 15.3. The van der Waals surface area contributed by atoms with Crippen LogP contribution in [0.1, 0.15) is 213 Å². The summed E-state index contributed by atoms with van der Waals surface area (Å²) in [4.78, 5) is 34.3. The average Bonchev–Trinajstić information content (AvgIpc) is 3.07. The van der Waals surface area contributed by atoms with E-state index in [1.165, 1.54) is 148 Å². The van der Waals surface area contributed by atoms with Crippen LogP contribution in [-0.4, -0.2) is 43.3 Å². The molecule has 0 fully saturated rings. The van der Waals surface area contributed by atoms with Crippen LogP contribution in [0.15, 0.2) is 0 Å². The smallest absolute Gasteiger partial charge is 0.462 e. The van der Waals surface area contributed by atoms with Crippen molar-refractivity contribution in [3.8, 4) is 0 Å². The number of unbranched alkanes of at least 4 members (excludes halogenated alkanes) is 27. The first-order chi connectivity index (χ1) is 23.3. The molecular weight excluding hydrogens is 627 g/mol. The van der Waals surface area contributed by atoms with Crippen LogP contribution in [0, 0.1) is 0 Å². The molecule has 0 saturated heterocycles. The molecule has 1 N–H and O–H groups in total. The van der Waals surface area contributed by atoms with Crippen molar-refractivity contribution in [3.63, 3.8) is 0 Å². The standard InChI is InChI=1S/C39H77O8P/c1-4-6-8-10-12-14-16-18-19-20-21-22-24-26-28-30-32-34-39(41)47-37(36-46-48(42,43)44-3)35-45-38(40)33-31-29-27-25-23-17-15-13-11-9-7-5-2/h37H,4-36H2,1-3H3,(H,42,43). The van der Waals surface area contributed by atoms with Gasteiger partial charge in [0.15, 0.2) is 6.10 Å². The molecule has 0 aromatic heterocycles. The highest BCUT2D eigenvalue weighted by Gasteiger charge is 2.24. The van der Waals surface area contributed by atoms with Gasteiger partial charge in [0.1, 0.15) is 6.61 Å². The van der Waals surface area contributed by atoms with Crippen molar-refractivity contribution in [1.82, 2.24) is 0 Å². The summed E-state index contributed by atoms with van der Waals surface area (Å²) in [5.41, 5.74) is 0. The molecule has 0 radical (unpaired) electrons. The molecule has 48 heavy (non-hydrogen) atoms. The second kappa shape index (κ2) is 35.9. The van der Waals surface area contributed by atoms with Crippen molar-refractivity contribution in [2.75, 3.05) is 20.3 Å². The summed E-state index contributed by atoms with van der Waals surface area (Å²) in [5.74, 6) is -0.790. The Labute approximate surface area is 296 Å². The fourth-order valence-electron chi connectivity index (χ4n) is 5.95.